The lowest BCUT2D eigenvalue weighted by Crippen LogP contribution is -2.71. The second-order valence-corrected chi connectivity index (χ2v) is 11.9. The summed E-state index contributed by atoms with van der Waals surface area (Å²) in [4.78, 5) is 60.4. The van der Waals surface area contributed by atoms with Gasteiger partial charge in [0.15, 0.2) is 10.8 Å². The highest BCUT2D eigenvalue weighted by Crippen LogP contribution is 2.46. The maximum atomic E-state index is 13.1. The van der Waals surface area contributed by atoms with Crippen LogP contribution in [0.1, 0.15) is 25.0 Å². The fourth-order valence-electron chi connectivity index (χ4n) is 5.78. The van der Waals surface area contributed by atoms with Crippen LogP contribution in [0.15, 0.2) is 21.8 Å². The molecule has 6 heterocycles. The lowest BCUT2D eigenvalue weighted by atomic mass is 9.70. The molecule has 6 rings (SSSR count). The van der Waals surface area contributed by atoms with Crippen molar-refractivity contribution in [3.63, 3.8) is 0 Å². The van der Waals surface area contributed by atoms with Crippen molar-refractivity contribution in [2.75, 3.05) is 44.8 Å². The van der Waals surface area contributed by atoms with Gasteiger partial charge in [0, 0.05) is 36.0 Å². The number of nitrogens with zero attached hydrogens (tertiary/aromatic N) is 4. The van der Waals surface area contributed by atoms with Gasteiger partial charge in [-0.05, 0) is 0 Å². The Morgan fingerprint density at radius 1 is 1.32 bits per heavy atom. The number of thiazole rings is 1. The predicted octanol–water partition coefficient (Wildman–Crippen LogP) is -0.700. The molecule has 0 aromatic carbocycles. The summed E-state index contributed by atoms with van der Waals surface area (Å²) in [6, 6.07) is -0.917. The summed E-state index contributed by atoms with van der Waals surface area (Å²) in [6.07, 6.45) is 2.08. The van der Waals surface area contributed by atoms with E-state index in [1.165, 1.54) is 23.8 Å². The Morgan fingerprint density at radius 2 is 2.00 bits per heavy atom. The number of anilines is 1. The topological polar surface area (TPSA) is 190 Å². The number of carbonyl (C=O) groups is 4. The maximum absolute atomic E-state index is 13.1. The van der Waals surface area contributed by atoms with Crippen LogP contribution in [0.3, 0.4) is 0 Å². The number of carboxylic acids is 1. The van der Waals surface area contributed by atoms with Gasteiger partial charge < -0.3 is 31.2 Å². The van der Waals surface area contributed by atoms with Crippen molar-refractivity contribution in [2.24, 2.45) is 16.3 Å². The van der Waals surface area contributed by atoms with Crippen LogP contribution in [0.25, 0.3) is 0 Å². The number of hydrogen-bond acceptors (Lipinski definition) is 10. The molecule has 4 fully saturated rings. The van der Waals surface area contributed by atoms with E-state index >= 15 is 0 Å². The minimum absolute atomic E-state index is 0.0119. The van der Waals surface area contributed by atoms with Crippen LogP contribution in [0.2, 0.25) is 0 Å². The van der Waals surface area contributed by atoms with Crippen molar-refractivity contribution in [1.82, 2.24) is 15.2 Å². The second kappa shape index (κ2) is 9.29. The smallest absolute Gasteiger partial charge is 0.352 e. The Morgan fingerprint density at radius 3 is 2.54 bits per heavy atom. The lowest BCUT2D eigenvalue weighted by Gasteiger charge is -2.55. The first-order valence-electron chi connectivity index (χ1n) is 11.8. The number of hydrogen-bond donors (Lipinski definition) is 4. The van der Waals surface area contributed by atoms with Crippen LogP contribution in [0, 0.1) is 5.41 Å². The predicted molar refractivity (Wildman–Crippen MR) is 135 cm³/mol. The van der Waals surface area contributed by atoms with E-state index in [0.717, 1.165) is 31.0 Å². The molecule has 198 valence electrons. The van der Waals surface area contributed by atoms with Gasteiger partial charge in [0.25, 0.3) is 11.8 Å². The van der Waals surface area contributed by atoms with E-state index in [1.54, 1.807) is 5.38 Å². The summed E-state index contributed by atoms with van der Waals surface area (Å²) in [5.41, 5.74) is 11.7. The van der Waals surface area contributed by atoms with E-state index in [9.17, 15) is 24.3 Å². The molecule has 37 heavy (non-hydrogen) atoms. The number of piperidine rings is 3. The summed E-state index contributed by atoms with van der Waals surface area (Å²) < 4.78 is 0.697. The lowest BCUT2D eigenvalue weighted by molar-refractivity contribution is -0.940. The van der Waals surface area contributed by atoms with Crippen molar-refractivity contribution in [1.29, 1.82) is 0 Å². The van der Waals surface area contributed by atoms with Crippen molar-refractivity contribution < 1.29 is 33.6 Å². The van der Waals surface area contributed by atoms with Gasteiger partial charge in [0.05, 0.1) is 25.0 Å². The first-order chi connectivity index (χ1) is 17.6. The van der Waals surface area contributed by atoms with Crippen LogP contribution in [0.4, 0.5) is 5.13 Å². The number of quaternary nitrogens is 1. The third kappa shape index (κ3) is 4.24. The summed E-state index contributed by atoms with van der Waals surface area (Å²) in [6.45, 7) is 2.77. The molecule has 0 spiro atoms. The molecule has 2 bridgehead atoms. The Labute approximate surface area is 220 Å². The third-order valence-electron chi connectivity index (χ3n) is 7.94. The van der Waals surface area contributed by atoms with Gasteiger partial charge in [-0.2, -0.15) is 0 Å². The Hall–Kier alpha value is -3.17. The minimum atomic E-state index is -1.17. The Bertz CT molecular complexity index is 1220. The van der Waals surface area contributed by atoms with Gasteiger partial charge in [-0.25, -0.2) is 9.78 Å². The van der Waals surface area contributed by atoms with E-state index in [-0.39, 0.29) is 28.1 Å². The molecule has 0 aliphatic carbocycles. The molecule has 2 atom stereocenters. The molecule has 0 saturated carbocycles. The summed E-state index contributed by atoms with van der Waals surface area (Å²) in [7, 11) is 1.28. The van der Waals surface area contributed by atoms with E-state index in [1.807, 2.05) is 0 Å². The molecule has 4 saturated heterocycles. The molecule has 6 N–H and O–H groups in total. The number of primary amides is 1. The number of nitrogen functional groups attached to an aromatic ring is 1. The first kappa shape index (κ1) is 25.5. The second-order valence-electron chi connectivity index (χ2n) is 9.88. The van der Waals surface area contributed by atoms with Crippen molar-refractivity contribution in [3.8, 4) is 0 Å². The summed E-state index contributed by atoms with van der Waals surface area (Å²) >= 11 is 2.55. The van der Waals surface area contributed by atoms with Gasteiger partial charge in [-0.1, -0.05) is 5.16 Å². The molecule has 1 aromatic heterocycles. The van der Waals surface area contributed by atoms with E-state index in [0.29, 0.717) is 41.6 Å². The third-order valence-corrected chi connectivity index (χ3v) is 9.96. The van der Waals surface area contributed by atoms with Crippen LogP contribution in [-0.2, 0) is 24.0 Å². The molecule has 3 amide bonds. The molecular weight excluding hydrogens is 522 g/mol. The van der Waals surface area contributed by atoms with Gasteiger partial charge >= 0.3 is 5.97 Å². The molecular formula is C22H28N7O6S2+. The van der Waals surface area contributed by atoms with Crippen molar-refractivity contribution in [2.45, 2.75) is 30.7 Å². The number of fused-ring (bicyclic) bond motifs is 4. The average Bonchev–Trinajstić information content (AvgIpc) is 3.31. The summed E-state index contributed by atoms with van der Waals surface area (Å²) in [5.74, 6) is -2.17. The quantitative estimate of drug-likeness (QED) is 0.140. The maximum Gasteiger partial charge on any atom is 0.352 e. The molecule has 13 nitrogen and oxygen atoms in total. The highest BCUT2D eigenvalue weighted by atomic mass is 32.2. The van der Waals surface area contributed by atoms with Crippen molar-refractivity contribution in [3.05, 3.63) is 22.3 Å². The van der Waals surface area contributed by atoms with Gasteiger partial charge in [0.2, 0.25) is 5.91 Å². The fraction of sp³-hybridized carbons (Fsp3) is 0.545. The standard InChI is InChI=1S/C22H27N7O6S2/c1-35-27-13(12-10-37-21(24)25-12)16(30)26-14-17(31)28-15(19(32)33)11(9-36-18(14)28)8-29-5-2-22(3-6-29,4-7-29)20(23)34/h10,14,18H,2-9H2,1H3,(H5-,23,24,25,26,30,32,33,34)/p+1/b27-13-/t14-,18?,22?,29?/m1/s1. The van der Waals surface area contributed by atoms with Gasteiger partial charge in [-0.15, -0.1) is 23.1 Å². The van der Waals surface area contributed by atoms with Crippen molar-refractivity contribution >= 4 is 57.6 Å². The molecule has 15 heteroatoms. The molecule has 1 unspecified atom stereocenters. The average molecular weight is 551 g/mol. The molecule has 5 aliphatic heterocycles. The zero-order valence-electron chi connectivity index (χ0n) is 20.1. The number of nitrogens with one attached hydrogen (secondary N) is 1. The van der Waals surface area contributed by atoms with Crippen LogP contribution < -0.4 is 16.8 Å². The molecule has 1 aromatic rings. The minimum Gasteiger partial charge on any atom is -0.477 e. The summed E-state index contributed by atoms with van der Waals surface area (Å²) in [5, 5.41) is 17.7. The number of β-lactam (4-membered cyclic amide) rings is 1. The van der Waals surface area contributed by atoms with Crippen LogP contribution >= 0.6 is 23.1 Å². The zero-order valence-corrected chi connectivity index (χ0v) is 21.8. The van der Waals surface area contributed by atoms with E-state index in [4.69, 9.17) is 16.3 Å². The highest BCUT2D eigenvalue weighted by Gasteiger charge is 2.57. The van der Waals surface area contributed by atoms with E-state index < -0.39 is 34.6 Å². The number of aliphatic carboxylic acids is 1. The number of nitrogens with two attached hydrogens (primary N) is 2. The Balaban J connectivity index is 1.32. The number of carbonyl (C=O) groups excluding carboxylic acids is 3. The van der Waals surface area contributed by atoms with Gasteiger partial charge in [-0.3, -0.25) is 19.3 Å². The van der Waals surface area contributed by atoms with E-state index in [2.05, 4.69) is 15.5 Å². The largest absolute Gasteiger partial charge is 0.477 e. The zero-order chi connectivity index (χ0) is 26.5. The van der Waals surface area contributed by atoms with Crippen LogP contribution in [0.5, 0.6) is 0 Å². The number of thioether (sulfide) groups is 1. The van der Waals surface area contributed by atoms with Crippen LogP contribution in [-0.4, -0.2) is 99.3 Å². The molecule has 0 radical (unpaired) electrons. The fourth-order valence-corrected chi connectivity index (χ4v) is 7.67. The number of rotatable bonds is 8. The van der Waals surface area contributed by atoms with Gasteiger partial charge in [0.1, 0.15) is 36.5 Å². The monoisotopic (exact) mass is 550 g/mol. The number of carboxylic acid groups (broad SMARTS) is 1. The number of oxime groups is 1. The molecule has 5 aliphatic rings. The SMILES string of the molecule is CO/N=C(\C(=O)N[C@@H]1C(=O)N2C(C(=O)O)=C(C[N+]34CCC(C(N)=O)(CC3)CC4)CSC12)c1csc(N)n1. The number of amides is 3. The number of aromatic nitrogens is 1. The Kier molecular flexibility index (Phi) is 6.40. The highest BCUT2D eigenvalue weighted by molar-refractivity contribution is 8.00. The first-order valence-corrected chi connectivity index (χ1v) is 13.7. The normalized spacial score (nSPS) is 31.0.